The zero-order chi connectivity index (χ0) is 10.3. The zero-order valence-electron chi connectivity index (χ0n) is 8.53. The first-order valence-corrected chi connectivity index (χ1v) is 6.22. The zero-order valence-corrected chi connectivity index (χ0v) is 9.35. The van der Waals surface area contributed by atoms with Gasteiger partial charge in [0.2, 0.25) is 0 Å². The molecule has 3 heterocycles. The lowest BCUT2D eigenvalue weighted by molar-refractivity contribution is 0.176. The minimum atomic E-state index is 0.422. The Labute approximate surface area is 92.8 Å². The second kappa shape index (κ2) is 3.73. The lowest BCUT2D eigenvalue weighted by Crippen LogP contribution is -2.34. The molecular formula is C10H15N3OS. The molecule has 0 bridgehead atoms. The number of rotatable bonds is 1. The molecule has 2 aliphatic rings. The maximum atomic E-state index is 5.77. The fourth-order valence-electron chi connectivity index (χ4n) is 2.44. The van der Waals surface area contributed by atoms with Gasteiger partial charge in [-0.25, -0.2) is 4.98 Å². The van der Waals surface area contributed by atoms with Crippen molar-refractivity contribution in [3.63, 3.8) is 0 Å². The van der Waals surface area contributed by atoms with Crippen LogP contribution in [0.25, 0.3) is 0 Å². The van der Waals surface area contributed by atoms with Crippen LogP contribution in [0.4, 0.5) is 5.13 Å². The molecule has 5 heteroatoms. The molecule has 1 aromatic heterocycles. The van der Waals surface area contributed by atoms with Crippen molar-refractivity contribution in [2.24, 2.45) is 5.92 Å². The predicted octanol–water partition coefficient (Wildman–Crippen LogP) is 0.949. The van der Waals surface area contributed by atoms with Crippen LogP contribution in [-0.4, -0.2) is 24.7 Å². The highest BCUT2D eigenvalue weighted by Gasteiger charge is 2.32. The van der Waals surface area contributed by atoms with Crippen molar-refractivity contribution >= 4 is 16.5 Å². The van der Waals surface area contributed by atoms with Gasteiger partial charge in [0.1, 0.15) is 0 Å². The molecule has 0 aliphatic carbocycles. The lowest BCUT2D eigenvalue weighted by Gasteiger charge is -2.27. The Bertz CT molecular complexity index is 360. The van der Waals surface area contributed by atoms with Gasteiger partial charge in [-0.2, -0.15) is 0 Å². The van der Waals surface area contributed by atoms with E-state index in [1.807, 2.05) is 0 Å². The molecule has 0 spiro atoms. The third-order valence-electron chi connectivity index (χ3n) is 3.19. The summed E-state index contributed by atoms with van der Waals surface area (Å²) in [7, 11) is 0. The van der Waals surface area contributed by atoms with Crippen LogP contribution >= 0.6 is 11.3 Å². The molecule has 82 valence electrons. The highest BCUT2D eigenvalue weighted by atomic mass is 32.1. The number of hydrogen-bond donors (Lipinski definition) is 2. The molecule has 15 heavy (non-hydrogen) atoms. The number of nitrogens with zero attached hydrogens (tertiary/aromatic N) is 1. The molecule has 1 saturated heterocycles. The van der Waals surface area contributed by atoms with Gasteiger partial charge < -0.3 is 15.8 Å². The Morgan fingerprint density at radius 2 is 2.47 bits per heavy atom. The molecule has 0 amide bonds. The predicted molar refractivity (Wildman–Crippen MR) is 59.9 cm³/mol. The molecule has 3 rings (SSSR count). The van der Waals surface area contributed by atoms with Gasteiger partial charge in [0.15, 0.2) is 5.13 Å². The summed E-state index contributed by atoms with van der Waals surface area (Å²) in [5, 5.41) is 4.27. The normalized spacial score (nSPS) is 30.4. The minimum absolute atomic E-state index is 0.422. The number of ether oxygens (including phenoxy) is 1. The summed E-state index contributed by atoms with van der Waals surface area (Å²) in [6.07, 6.45) is 2.15. The van der Waals surface area contributed by atoms with Gasteiger partial charge in [-0.15, -0.1) is 11.3 Å². The molecule has 4 nitrogen and oxygen atoms in total. The van der Waals surface area contributed by atoms with E-state index >= 15 is 0 Å². The summed E-state index contributed by atoms with van der Waals surface area (Å²) in [5.74, 6) is 0.601. The monoisotopic (exact) mass is 225 g/mol. The summed E-state index contributed by atoms with van der Waals surface area (Å²) in [5.41, 5.74) is 6.97. The van der Waals surface area contributed by atoms with E-state index in [9.17, 15) is 0 Å². The Balaban J connectivity index is 1.90. The number of aromatic nitrogens is 1. The van der Waals surface area contributed by atoms with Gasteiger partial charge in [-0.05, 0) is 6.42 Å². The van der Waals surface area contributed by atoms with Gasteiger partial charge in [-0.1, -0.05) is 0 Å². The Morgan fingerprint density at radius 3 is 3.27 bits per heavy atom. The smallest absolute Gasteiger partial charge is 0.180 e. The van der Waals surface area contributed by atoms with Crippen LogP contribution in [0, 0.1) is 5.92 Å². The second-order valence-corrected chi connectivity index (χ2v) is 5.23. The van der Waals surface area contributed by atoms with E-state index in [2.05, 4.69) is 10.3 Å². The minimum Gasteiger partial charge on any atom is -0.381 e. The van der Waals surface area contributed by atoms with Crippen LogP contribution in [0.2, 0.25) is 0 Å². The van der Waals surface area contributed by atoms with Gasteiger partial charge >= 0.3 is 0 Å². The molecule has 1 fully saturated rings. The highest BCUT2D eigenvalue weighted by Crippen LogP contribution is 2.37. The maximum Gasteiger partial charge on any atom is 0.180 e. The number of anilines is 1. The highest BCUT2D eigenvalue weighted by molar-refractivity contribution is 7.15. The number of thiazole rings is 1. The summed E-state index contributed by atoms with van der Waals surface area (Å²) < 4.78 is 5.45. The van der Waals surface area contributed by atoms with Crippen molar-refractivity contribution < 1.29 is 4.74 Å². The molecule has 2 atom stereocenters. The molecule has 1 aromatic rings. The molecule has 3 N–H and O–H groups in total. The third-order valence-corrected chi connectivity index (χ3v) is 4.20. The largest absolute Gasteiger partial charge is 0.381 e. The summed E-state index contributed by atoms with van der Waals surface area (Å²) in [4.78, 5) is 5.73. The Hall–Kier alpha value is -0.650. The van der Waals surface area contributed by atoms with Crippen molar-refractivity contribution in [1.29, 1.82) is 0 Å². The average Bonchev–Trinajstić information content (AvgIpc) is 2.82. The maximum absolute atomic E-state index is 5.77. The van der Waals surface area contributed by atoms with E-state index in [0.717, 1.165) is 32.6 Å². The first-order valence-electron chi connectivity index (χ1n) is 5.41. The van der Waals surface area contributed by atoms with E-state index in [1.165, 1.54) is 10.6 Å². The van der Waals surface area contributed by atoms with Crippen LogP contribution in [-0.2, 0) is 11.2 Å². The quantitative estimate of drug-likeness (QED) is 0.747. The van der Waals surface area contributed by atoms with E-state index in [1.54, 1.807) is 11.3 Å². The molecule has 0 radical (unpaired) electrons. The number of hydrogen-bond acceptors (Lipinski definition) is 5. The van der Waals surface area contributed by atoms with Crippen molar-refractivity contribution in [2.75, 3.05) is 25.5 Å². The van der Waals surface area contributed by atoms with Gasteiger partial charge in [-0.3, -0.25) is 0 Å². The fourth-order valence-corrected chi connectivity index (χ4v) is 3.49. The van der Waals surface area contributed by atoms with Crippen LogP contribution < -0.4 is 11.1 Å². The van der Waals surface area contributed by atoms with Gasteiger partial charge in [0.25, 0.3) is 0 Å². The van der Waals surface area contributed by atoms with Crippen molar-refractivity contribution in [2.45, 2.75) is 18.9 Å². The van der Waals surface area contributed by atoms with E-state index in [-0.39, 0.29) is 0 Å². The molecule has 0 saturated carbocycles. The van der Waals surface area contributed by atoms with E-state index < -0.39 is 0 Å². The molecule has 2 aliphatic heterocycles. The Morgan fingerprint density at radius 1 is 1.53 bits per heavy atom. The molecule has 0 unspecified atom stereocenters. The standard InChI is InChI=1S/C10H15N3OS/c11-10-13-7-1-3-12-8(9(7)15-10)6-2-4-14-5-6/h6,8,12H,1-5H2,(H2,11,13)/t6-,8-/m0/s1. The summed E-state index contributed by atoms with van der Waals surface area (Å²) >= 11 is 1.63. The van der Waals surface area contributed by atoms with Crippen LogP contribution in [0.3, 0.4) is 0 Å². The van der Waals surface area contributed by atoms with E-state index in [4.69, 9.17) is 10.5 Å². The third kappa shape index (κ3) is 1.64. The number of fused-ring (bicyclic) bond motifs is 1. The topological polar surface area (TPSA) is 60.2 Å². The van der Waals surface area contributed by atoms with Crippen LogP contribution in [0.1, 0.15) is 23.0 Å². The van der Waals surface area contributed by atoms with Crippen molar-refractivity contribution in [3.8, 4) is 0 Å². The van der Waals surface area contributed by atoms with Crippen molar-refractivity contribution in [3.05, 3.63) is 10.6 Å². The number of nitrogen functional groups attached to an aromatic ring is 1. The fraction of sp³-hybridized carbons (Fsp3) is 0.700. The van der Waals surface area contributed by atoms with Crippen molar-refractivity contribution in [1.82, 2.24) is 10.3 Å². The molecular weight excluding hydrogens is 210 g/mol. The first kappa shape index (κ1) is 9.57. The van der Waals surface area contributed by atoms with Gasteiger partial charge in [0.05, 0.1) is 12.3 Å². The lowest BCUT2D eigenvalue weighted by atomic mass is 9.94. The van der Waals surface area contributed by atoms with Gasteiger partial charge in [0, 0.05) is 36.4 Å². The van der Waals surface area contributed by atoms with Crippen LogP contribution in [0.5, 0.6) is 0 Å². The summed E-state index contributed by atoms with van der Waals surface area (Å²) in [6.45, 7) is 2.78. The first-order chi connectivity index (χ1) is 7.34. The second-order valence-electron chi connectivity index (χ2n) is 4.17. The summed E-state index contributed by atoms with van der Waals surface area (Å²) in [6, 6.07) is 0.422. The molecule has 0 aromatic carbocycles. The number of nitrogens with two attached hydrogens (primary N) is 1. The van der Waals surface area contributed by atoms with Crippen LogP contribution in [0.15, 0.2) is 0 Å². The number of nitrogens with one attached hydrogen (secondary N) is 1. The Kier molecular flexibility index (Phi) is 2.38. The van der Waals surface area contributed by atoms with E-state index in [0.29, 0.717) is 17.1 Å². The average molecular weight is 225 g/mol. The SMILES string of the molecule is Nc1nc2c(s1)[C@H]([C@H]1CCOC1)NCC2.